The number of aromatic nitrogens is 3. The van der Waals surface area contributed by atoms with Crippen LogP contribution in [0.5, 0.6) is 5.75 Å². The summed E-state index contributed by atoms with van der Waals surface area (Å²) in [6, 6.07) is 20.9. The van der Waals surface area contributed by atoms with E-state index in [1.54, 1.807) is 35.6 Å². The van der Waals surface area contributed by atoms with Crippen LogP contribution < -0.4 is 10.1 Å². The highest BCUT2D eigenvalue weighted by Crippen LogP contribution is 2.35. The van der Waals surface area contributed by atoms with Crippen LogP contribution in [0, 0.1) is 13.8 Å². The highest BCUT2D eigenvalue weighted by atomic mass is 32.2. The van der Waals surface area contributed by atoms with Gasteiger partial charge in [0.2, 0.25) is 0 Å². The van der Waals surface area contributed by atoms with Gasteiger partial charge in [0.1, 0.15) is 5.75 Å². The number of hydrogen-bond acceptors (Lipinski definition) is 9. The fourth-order valence-electron chi connectivity index (χ4n) is 4.97. The molecule has 0 fully saturated rings. The minimum atomic E-state index is -0.354. The molecule has 224 valence electrons. The maximum atomic E-state index is 13.8. The quantitative estimate of drug-likeness (QED) is 0.191. The molecule has 2 aromatic carbocycles. The predicted molar refractivity (Wildman–Crippen MR) is 169 cm³/mol. The number of hydrazone groups is 1. The molecular formula is C32H30N6O4S2. The summed E-state index contributed by atoms with van der Waals surface area (Å²) in [5, 5.41) is 20.6. The zero-order chi connectivity index (χ0) is 30.6. The molecule has 0 spiro atoms. The SMILES string of the molecule is COc1ccc(C2CC(c3cccs3)=NN2C(=O)CSc2nnc(CNC(=O)c3ccco3)n2-c2cc(C)ccc2C)cc1. The minimum absolute atomic E-state index is 0.0929. The molecule has 0 radical (unpaired) electrons. The number of aryl methyl sites for hydroxylation is 2. The molecule has 1 aliphatic rings. The van der Waals surface area contributed by atoms with Crippen LogP contribution in [0.2, 0.25) is 0 Å². The molecule has 0 bridgehead atoms. The number of carbonyl (C=O) groups is 2. The molecule has 0 saturated carbocycles. The van der Waals surface area contributed by atoms with Crippen LogP contribution in [0.15, 0.2) is 93.0 Å². The Balaban J connectivity index is 1.26. The van der Waals surface area contributed by atoms with Crippen molar-refractivity contribution in [2.24, 2.45) is 5.10 Å². The molecule has 5 aromatic rings. The minimum Gasteiger partial charge on any atom is -0.497 e. The molecule has 0 aliphatic carbocycles. The van der Waals surface area contributed by atoms with Gasteiger partial charge in [-0.05, 0) is 72.3 Å². The maximum absolute atomic E-state index is 13.8. The third-order valence-corrected chi connectivity index (χ3v) is 9.09. The number of nitrogens with one attached hydrogen (secondary N) is 1. The molecular weight excluding hydrogens is 597 g/mol. The monoisotopic (exact) mass is 626 g/mol. The summed E-state index contributed by atoms with van der Waals surface area (Å²) in [7, 11) is 1.63. The highest BCUT2D eigenvalue weighted by molar-refractivity contribution is 7.99. The van der Waals surface area contributed by atoms with Crippen LogP contribution >= 0.6 is 23.1 Å². The summed E-state index contributed by atoms with van der Waals surface area (Å²) < 4.78 is 12.4. The zero-order valence-electron chi connectivity index (χ0n) is 24.4. The summed E-state index contributed by atoms with van der Waals surface area (Å²) in [5.41, 5.74) is 4.81. The molecule has 1 aliphatic heterocycles. The molecule has 1 atom stereocenters. The average molecular weight is 627 g/mol. The summed E-state index contributed by atoms with van der Waals surface area (Å²) in [5.74, 6) is 1.08. The van der Waals surface area contributed by atoms with Crippen molar-refractivity contribution in [3.8, 4) is 11.4 Å². The Kier molecular flexibility index (Phi) is 8.62. The van der Waals surface area contributed by atoms with Crippen molar-refractivity contribution in [1.29, 1.82) is 0 Å². The van der Waals surface area contributed by atoms with Crippen LogP contribution in [-0.4, -0.2) is 50.2 Å². The lowest BCUT2D eigenvalue weighted by Crippen LogP contribution is -2.28. The Hall–Kier alpha value is -4.68. The molecule has 4 heterocycles. The van der Waals surface area contributed by atoms with Crippen LogP contribution in [0.4, 0.5) is 0 Å². The van der Waals surface area contributed by atoms with Gasteiger partial charge in [-0.15, -0.1) is 21.5 Å². The number of amides is 2. The third-order valence-electron chi connectivity index (χ3n) is 7.25. The number of carbonyl (C=O) groups excluding carboxylic acids is 2. The topological polar surface area (TPSA) is 115 Å². The molecule has 1 N–H and O–H groups in total. The number of ether oxygens (including phenoxy) is 1. The van der Waals surface area contributed by atoms with Gasteiger partial charge in [0, 0.05) is 6.42 Å². The molecule has 6 rings (SSSR count). The van der Waals surface area contributed by atoms with Gasteiger partial charge in [0.15, 0.2) is 16.7 Å². The predicted octanol–water partition coefficient (Wildman–Crippen LogP) is 5.95. The largest absolute Gasteiger partial charge is 0.497 e. The van der Waals surface area contributed by atoms with Gasteiger partial charge in [0.05, 0.1) is 48.0 Å². The van der Waals surface area contributed by atoms with E-state index in [2.05, 4.69) is 15.5 Å². The first-order chi connectivity index (χ1) is 21.4. The molecule has 3 aromatic heterocycles. The molecule has 44 heavy (non-hydrogen) atoms. The number of thiophene rings is 1. The van der Waals surface area contributed by atoms with E-state index in [0.29, 0.717) is 17.4 Å². The number of nitrogens with zero attached hydrogens (tertiary/aromatic N) is 5. The Morgan fingerprint density at radius 2 is 1.93 bits per heavy atom. The van der Waals surface area contributed by atoms with E-state index in [1.807, 2.05) is 78.4 Å². The molecule has 12 heteroatoms. The second-order valence-electron chi connectivity index (χ2n) is 10.2. The van der Waals surface area contributed by atoms with Crippen LogP contribution in [0.3, 0.4) is 0 Å². The van der Waals surface area contributed by atoms with E-state index in [0.717, 1.165) is 38.7 Å². The fourth-order valence-corrected chi connectivity index (χ4v) is 6.51. The first-order valence-electron chi connectivity index (χ1n) is 13.9. The first kappa shape index (κ1) is 29.4. The normalized spacial score (nSPS) is 14.5. The van der Waals surface area contributed by atoms with Gasteiger partial charge < -0.3 is 14.5 Å². The van der Waals surface area contributed by atoms with Gasteiger partial charge in [-0.1, -0.05) is 42.1 Å². The number of hydrogen-bond donors (Lipinski definition) is 1. The Labute approximate surface area is 262 Å². The number of benzene rings is 2. The van der Waals surface area contributed by atoms with Gasteiger partial charge in [0.25, 0.3) is 11.8 Å². The molecule has 0 saturated heterocycles. The lowest BCUT2D eigenvalue weighted by Gasteiger charge is -2.22. The Bertz CT molecular complexity index is 1800. The van der Waals surface area contributed by atoms with E-state index in [-0.39, 0.29) is 35.9 Å². The summed E-state index contributed by atoms with van der Waals surface area (Å²) in [6.45, 7) is 4.14. The van der Waals surface area contributed by atoms with E-state index >= 15 is 0 Å². The molecule has 1 unspecified atom stereocenters. The third kappa shape index (κ3) is 6.17. The maximum Gasteiger partial charge on any atom is 0.287 e. The van der Waals surface area contributed by atoms with E-state index in [1.165, 1.54) is 18.0 Å². The lowest BCUT2D eigenvalue weighted by molar-refractivity contribution is -0.130. The first-order valence-corrected chi connectivity index (χ1v) is 15.8. The average Bonchev–Trinajstić information content (AvgIpc) is 3.86. The summed E-state index contributed by atoms with van der Waals surface area (Å²) in [6.07, 6.45) is 2.06. The van der Waals surface area contributed by atoms with Crippen molar-refractivity contribution < 1.29 is 18.7 Å². The van der Waals surface area contributed by atoms with Crippen molar-refractivity contribution >= 4 is 40.6 Å². The molecule has 2 amide bonds. The number of rotatable bonds is 10. The second-order valence-corrected chi connectivity index (χ2v) is 12.1. The Morgan fingerprint density at radius 1 is 1.09 bits per heavy atom. The van der Waals surface area contributed by atoms with Crippen LogP contribution in [-0.2, 0) is 11.3 Å². The number of methoxy groups -OCH3 is 1. The summed E-state index contributed by atoms with van der Waals surface area (Å²) in [4.78, 5) is 27.4. The number of thioether (sulfide) groups is 1. The molecule has 10 nitrogen and oxygen atoms in total. The Morgan fingerprint density at radius 3 is 2.66 bits per heavy atom. The van der Waals surface area contributed by atoms with E-state index in [9.17, 15) is 9.59 Å². The van der Waals surface area contributed by atoms with Crippen molar-refractivity contribution in [2.75, 3.05) is 12.9 Å². The van der Waals surface area contributed by atoms with E-state index < -0.39 is 0 Å². The fraction of sp³-hybridized carbons (Fsp3) is 0.219. The number of furan rings is 1. The van der Waals surface area contributed by atoms with Crippen LogP contribution in [0.1, 0.15) is 50.4 Å². The van der Waals surface area contributed by atoms with Crippen molar-refractivity contribution in [3.05, 3.63) is 112 Å². The highest BCUT2D eigenvalue weighted by Gasteiger charge is 2.34. The standard InChI is InChI=1S/C32H30N6O4S2/c1-20-8-9-21(2)25(16-20)37-29(18-33-31(40)27-6-4-14-42-27)34-35-32(37)44-19-30(39)38-26(22-10-12-23(41-3)13-11-22)17-24(36-38)28-7-5-15-43-28/h4-16,26H,17-19H2,1-3H3,(H,33,40). The van der Waals surface area contributed by atoms with Gasteiger partial charge in [-0.25, -0.2) is 5.01 Å². The van der Waals surface area contributed by atoms with Crippen molar-refractivity contribution in [3.63, 3.8) is 0 Å². The van der Waals surface area contributed by atoms with Gasteiger partial charge in [-0.3, -0.25) is 14.2 Å². The van der Waals surface area contributed by atoms with Gasteiger partial charge in [-0.2, -0.15) is 5.10 Å². The van der Waals surface area contributed by atoms with Gasteiger partial charge >= 0.3 is 0 Å². The van der Waals surface area contributed by atoms with E-state index in [4.69, 9.17) is 14.3 Å². The smallest absolute Gasteiger partial charge is 0.287 e. The lowest BCUT2D eigenvalue weighted by atomic mass is 10.0. The van der Waals surface area contributed by atoms with Crippen molar-refractivity contribution in [2.45, 2.75) is 38.0 Å². The summed E-state index contributed by atoms with van der Waals surface area (Å²) >= 11 is 2.89. The van der Waals surface area contributed by atoms with Crippen LogP contribution in [0.25, 0.3) is 5.69 Å². The second kappa shape index (κ2) is 12.9. The van der Waals surface area contributed by atoms with Crippen molar-refractivity contribution in [1.82, 2.24) is 25.1 Å². The zero-order valence-corrected chi connectivity index (χ0v) is 26.0.